The summed E-state index contributed by atoms with van der Waals surface area (Å²) in [6.07, 6.45) is 17.2. The van der Waals surface area contributed by atoms with Gasteiger partial charge in [0.1, 0.15) is 0 Å². The summed E-state index contributed by atoms with van der Waals surface area (Å²) in [7, 11) is 0. The average Bonchev–Trinajstić information content (AvgIpc) is 3.08. The lowest BCUT2D eigenvalue weighted by atomic mass is 9.81. The molecular weight excluding hydrogens is 508 g/mol. The number of pyridine rings is 2. The molecule has 6 aromatic rings. The molecule has 0 aliphatic heterocycles. The largest absolute Gasteiger partial charge is 0.254 e. The lowest BCUT2D eigenvalue weighted by molar-refractivity contribution is 0.445. The Hall–Kier alpha value is -4.04. The van der Waals surface area contributed by atoms with Crippen LogP contribution < -0.4 is 0 Å². The summed E-state index contributed by atoms with van der Waals surface area (Å²) in [6.45, 7) is 0. The van der Waals surface area contributed by atoms with Crippen molar-refractivity contribution < 1.29 is 0 Å². The molecule has 2 fully saturated rings. The zero-order chi connectivity index (χ0) is 27.9. The first-order valence-electron chi connectivity index (χ1n) is 16.1. The van der Waals surface area contributed by atoms with Gasteiger partial charge in [0.2, 0.25) is 0 Å². The van der Waals surface area contributed by atoms with Crippen molar-refractivity contribution in [3.05, 3.63) is 108 Å². The molecule has 2 aliphatic rings. The average molecular weight is 547 g/mol. The molecule has 2 aromatic heterocycles. The molecule has 2 aliphatic carbocycles. The molecule has 0 saturated heterocycles. The maximum Gasteiger partial charge on any atom is 0.0967 e. The molecule has 8 rings (SSSR count). The van der Waals surface area contributed by atoms with Crippen molar-refractivity contribution >= 4 is 32.6 Å². The highest BCUT2D eigenvalue weighted by molar-refractivity contribution is 6.06. The maximum atomic E-state index is 5.09. The number of rotatable bonds is 4. The molecule has 2 nitrogen and oxygen atoms in total. The third kappa shape index (κ3) is 4.58. The van der Waals surface area contributed by atoms with Gasteiger partial charge in [-0.1, -0.05) is 99.2 Å². The molecule has 2 saturated carbocycles. The Kier molecular flexibility index (Phi) is 6.71. The molecule has 0 atom stereocenters. The maximum absolute atomic E-state index is 5.09. The summed E-state index contributed by atoms with van der Waals surface area (Å²) in [5.41, 5.74) is 10.0. The highest BCUT2D eigenvalue weighted by atomic mass is 14.7. The van der Waals surface area contributed by atoms with Crippen LogP contribution in [0.5, 0.6) is 0 Å². The van der Waals surface area contributed by atoms with E-state index in [9.17, 15) is 0 Å². The molecule has 208 valence electrons. The summed E-state index contributed by atoms with van der Waals surface area (Å²) in [5, 5.41) is 5.28. The topological polar surface area (TPSA) is 25.8 Å². The predicted molar refractivity (Wildman–Crippen MR) is 177 cm³/mol. The van der Waals surface area contributed by atoms with Crippen LogP contribution in [0.25, 0.3) is 54.8 Å². The van der Waals surface area contributed by atoms with Crippen molar-refractivity contribution in [2.45, 2.75) is 76.0 Å². The number of nitrogens with zero attached hydrogens (tertiary/aromatic N) is 2. The van der Waals surface area contributed by atoms with Crippen molar-refractivity contribution in [1.29, 1.82) is 0 Å². The Morgan fingerprint density at radius 2 is 1.21 bits per heavy atom. The van der Waals surface area contributed by atoms with E-state index < -0.39 is 0 Å². The van der Waals surface area contributed by atoms with E-state index in [1.807, 2.05) is 12.3 Å². The quantitative estimate of drug-likeness (QED) is 0.206. The normalized spacial score (nSPS) is 16.9. The number of aromatic nitrogens is 2. The van der Waals surface area contributed by atoms with Crippen LogP contribution in [0, 0.1) is 0 Å². The minimum Gasteiger partial charge on any atom is -0.254 e. The number of fused-ring (bicyclic) bond motifs is 4. The van der Waals surface area contributed by atoms with Gasteiger partial charge in [0.25, 0.3) is 0 Å². The van der Waals surface area contributed by atoms with E-state index in [0.29, 0.717) is 11.8 Å². The second-order valence-corrected chi connectivity index (χ2v) is 12.7. The molecule has 4 aromatic carbocycles. The molecule has 0 amide bonds. The SMILES string of the molecule is c1cc(-c2cnc3c(c2)c(C2CCCCC2)cc2cccnc23)cc(-c2ccc(C3CCCCC3)c3ccccc23)c1. The summed E-state index contributed by atoms with van der Waals surface area (Å²) in [4.78, 5) is 9.85. The standard InChI is InChI=1S/C40H38N2/c1-3-11-27(12-4-1)33-20-21-34(36-19-8-7-18-35(33)36)30-16-9-15-29(23-30)32-25-38-37(28-13-5-2-6-14-28)24-31-17-10-22-41-39(31)40(38)42-26-32/h7-10,15-28H,1-6,11-14H2. The van der Waals surface area contributed by atoms with Crippen LogP contribution in [-0.2, 0) is 0 Å². The highest BCUT2D eigenvalue weighted by Crippen LogP contribution is 2.42. The first kappa shape index (κ1) is 25.7. The van der Waals surface area contributed by atoms with Crippen molar-refractivity contribution in [1.82, 2.24) is 9.97 Å². The predicted octanol–water partition coefficient (Wildman–Crippen LogP) is 11.4. The van der Waals surface area contributed by atoms with Crippen LogP contribution >= 0.6 is 0 Å². The Bertz CT molecular complexity index is 1910. The third-order valence-corrected chi connectivity index (χ3v) is 10.1. The highest BCUT2D eigenvalue weighted by Gasteiger charge is 2.21. The van der Waals surface area contributed by atoms with Gasteiger partial charge in [0.15, 0.2) is 0 Å². The van der Waals surface area contributed by atoms with Crippen LogP contribution in [0.4, 0.5) is 0 Å². The Morgan fingerprint density at radius 1 is 0.476 bits per heavy atom. The van der Waals surface area contributed by atoms with Gasteiger partial charge in [-0.25, -0.2) is 0 Å². The summed E-state index contributed by atoms with van der Waals surface area (Å²) < 4.78 is 0. The lowest BCUT2D eigenvalue weighted by Gasteiger charge is -2.24. The van der Waals surface area contributed by atoms with Gasteiger partial charge in [-0.3, -0.25) is 9.97 Å². The second-order valence-electron chi connectivity index (χ2n) is 12.7. The fourth-order valence-electron chi connectivity index (χ4n) is 7.97. The fraction of sp³-hybridized carbons (Fsp3) is 0.300. The molecule has 0 spiro atoms. The lowest BCUT2D eigenvalue weighted by Crippen LogP contribution is -2.06. The van der Waals surface area contributed by atoms with Gasteiger partial charge in [-0.15, -0.1) is 0 Å². The van der Waals surface area contributed by atoms with Gasteiger partial charge in [-0.2, -0.15) is 0 Å². The molecule has 0 unspecified atom stereocenters. The molecule has 42 heavy (non-hydrogen) atoms. The third-order valence-electron chi connectivity index (χ3n) is 10.1. The number of benzene rings is 4. The van der Waals surface area contributed by atoms with E-state index in [1.165, 1.54) is 114 Å². The van der Waals surface area contributed by atoms with E-state index in [0.717, 1.165) is 11.0 Å². The van der Waals surface area contributed by atoms with Crippen molar-refractivity contribution in [2.75, 3.05) is 0 Å². The first-order valence-corrected chi connectivity index (χ1v) is 16.1. The van der Waals surface area contributed by atoms with Gasteiger partial charge in [0.05, 0.1) is 11.0 Å². The summed E-state index contributed by atoms with van der Waals surface area (Å²) in [5.74, 6) is 1.29. The van der Waals surface area contributed by atoms with E-state index in [4.69, 9.17) is 9.97 Å². The van der Waals surface area contributed by atoms with E-state index >= 15 is 0 Å². The van der Waals surface area contributed by atoms with E-state index in [2.05, 4.69) is 85.1 Å². The van der Waals surface area contributed by atoms with Crippen molar-refractivity contribution in [2.24, 2.45) is 0 Å². The first-order chi connectivity index (χ1) is 20.8. The summed E-state index contributed by atoms with van der Waals surface area (Å²) >= 11 is 0. The molecule has 2 heterocycles. The molecule has 0 bridgehead atoms. The molecule has 0 radical (unpaired) electrons. The van der Waals surface area contributed by atoms with Crippen LogP contribution in [0.15, 0.2) is 97.3 Å². The fourth-order valence-corrected chi connectivity index (χ4v) is 7.97. The van der Waals surface area contributed by atoms with Gasteiger partial charge in [-0.05, 0) is 100 Å². The van der Waals surface area contributed by atoms with Crippen LogP contribution in [-0.4, -0.2) is 9.97 Å². The smallest absolute Gasteiger partial charge is 0.0967 e. The molecular formula is C40H38N2. The molecule has 0 N–H and O–H groups in total. The molecule has 2 heteroatoms. The Morgan fingerprint density at radius 3 is 2.02 bits per heavy atom. The Labute approximate surface area is 248 Å². The van der Waals surface area contributed by atoms with Crippen LogP contribution in [0.3, 0.4) is 0 Å². The minimum atomic E-state index is 0.600. The number of hydrogen-bond acceptors (Lipinski definition) is 2. The zero-order valence-electron chi connectivity index (χ0n) is 24.4. The van der Waals surface area contributed by atoms with Gasteiger partial charge >= 0.3 is 0 Å². The van der Waals surface area contributed by atoms with E-state index in [1.54, 1.807) is 5.56 Å². The second kappa shape index (κ2) is 11.0. The minimum absolute atomic E-state index is 0.600. The number of hydrogen-bond donors (Lipinski definition) is 0. The Balaban J connectivity index is 1.24. The zero-order valence-corrected chi connectivity index (χ0v) is 24.4. The van der Waals surface area contributed by atoms with Gasteiger partial charge in [0, 0.05) is 28.7 Å². The monoisotopic (exact) mass is 546 g/mol. The van der Waals surface area contributed by atoms with Crippen LogP contribution in [0.1, 0.15) is 87.2 Å². The summed E-state index contributed by atoms with van der Waals surface area (Å²) in [6, 6.07) is 32.0. The van der Waals surface area contributed by atoms with Crippen LogP contribution in [0.2, 0.25) is 0 Å². The van der Waals surface area contributed by atoms with Gasteiger partial charge < -0.3 is 0 Å². The van der Waals surface area contributed by atoms with Crippen molar-refractivity contribution in [3.8, 4) is 22.3 Å². The van der Waals surface area contributed by atoms with E-state index in [-0.39, 0.29) is 0 Å². The van der Waals surface area contributed by atoms with Crippen molar-refractivity contribution in [3.63, 3.8) is 0 Å².